The number of phenolic OH excluding ortho intramolecular Hbond substituents is 2. The number of hydrogen-bond donors (Lipinski definition) is 6. The zero-order valence-corrected chi connectivity index (χ0v) is 22.7. The fraction of sp³-hybridized carbons (Fsp3) is 0.500. The van der Waals surface area contributed by atoms with Crippen molar-refractivity contribution in [1.29, 1.82) is 0 Å². The molecule has 1 aromatic rings. The fourth-order valence-corrected chi connectivity index (χ4v) is 4.75. The van der Waals surface area contributed by atoms with E-state index in [4.69, 9.17) is 15.2 Å². The van der Waals surface area contributed by atoms with Crippen molar-refractivity contribution in [3.05, 3.63) is 53.1 Å². The Balaban J connectivity index is 2.60. The SMILES string of the molecule is COC1C(C)C=C(C)C(OC(N)=O)C(C)C=CC=C(C)C(=O)Nc2cc(O)cc(c2O)C(O)C(C)CC1O. The summed E-state index contributed by atoms with van der Waals surface area (Å²) in [6.07, 6.45) is 2.30. The number of aliphatic hydroxyl groups excluding tert-OH is 2. The fourth-order valence-electron chi connectivity index (χ4n) is 4.75. The van der Waals surface area contributed by atoms with Crippen LogP contribution in [0.3, 0.4) is 0 Å². The number of ether oxygens (including phenoxy) is 2. The minimum absolute atomic E-state index is 0.0115. The largest absolute Gasteiger partial charge is 0.508 e. The predicted molar refractivity (Wildman–Crippen MR) is 143 cm³/mol. The summed E-state index contributed by atoms with van der Waals surface area (Å²) >= 11 is 0. The van der Waals surface area contributed by atoms with E-state index in [2.05, 4.69) is 5.32 Å². The molecular formula is C28H40N2O8. The molecule has 2 amide bonds. The van der Waals surface area contributed by atoms with E-state index in [1.54, 1.807) is 39.0 Å². The molecule has 10 heteroatoms. The third kappa shape index (κ3) is 7.83. The molecule has 0 saturated carbocycles. The molecule has 0 aliphatic carbocycles. The number of aromatic hydroxyl groups is 2. The van der Waals surface area contributed by atoms with Crippen LogP contribution in [0.2, 0.25) is 0 Å². The molecule has 7 unspecified atom stereocenters. The van der Waals surface area contributed by atoms with Gasteiger partial charge in [0.1, 0.15) is 17.6 Å². The van der Waals surface area contributed by atoms with Crippen molar-refractivity contribution in [2.45, 2.75) is 65.5 Å². The number of rotatable bonds is 2. The molecule has 38 heavy (non-hydrogen) atoms. The van der Waals surface area contributed by atoms with E-state index in [0.717, 1.165) is 0 Å². The van der Waals surface area contributed by atoms with E-state index in [1.165, 1.54) is 19.2 Å². The number of anilines is 1. The Morgan fingerprint density at radius 2 is 1.76 bits per heavy atom. The van der Waals surface area contributed by atoms with Gasteiger partial charge in [-0.2, -0.15) is 0 Å². The molecule has 10 nitrogen and oxygen atoms in total. The highest BCUT2D eigenvalue weighted by Crippen LogP contribution is 2.40. The number of carbonyl (C=O) groups excluding carboxylic acids is 2. The van der Waals surface area contributed by atoms with Crippen molar-refractivity contribution in [3.63, 3.8) is 0 Å². The van der Waals surface area contributed by atoms with Crippen molar-refractivity contribution < 1.29 is 39.5 Å². The lowest BCUT2D eigenvalue weighted by Crippen LogP contribution is -2.36. The summed E-state index contributed by atoms with van der Waals surface area (Å²) in [4.78, 5) is 24.4. The topological polar surface area (TPSA) is 172 Å². The Labute approximate surface area is 223 Å². The van der Waals surface area contributed by atoms with Crippen LogP contribution in [-0.4, -0.2) is 57.8 Å². The molecule has 1 aliphatic rings. The van der Waals surface area contributed by atoms with Crippen molar-refractivity contribution in [2.24, 2.45) is 23.5 Å². The second kappa shape index (κ2) is 13.5. The third-order valence-electron chi connectivity index (χ3n) is 6.83. The number of carbonyl (C=O) groups is 2. The molecule has 7 N–H and O–H groups in total. The molecule has 1 aliphatic heterocycles. The van der Waals surface area contributed by atoms with Crippen LogP contribution in [0.25, 0.3) is 0 Å². The van der Waals surface area contributed by atoms with Crippen LogP contribution in [0.1, 0.15) is 52.7 Å². The van der Waals surface area contributed by atoms with Gasteiger partial charge in [0, 0.05) is 36.1 Å². The molecule has 210 valence electrons. The number of primary amides is 1. The number of aliphatic hydroxyl groups is 2. The van der Waals surface area contributed by atoms with Crippen LogP contribution in [-0.2, 0) is 14.3 Å². The monoisotopic (exact) mass is 532 g/mol. The van der Waals surface area contributed by atoms with E-state index in [0.29, 0.717) is 11.1 Å². The highest BCUT2D eigenvalue weighted by atomic mass is 16.6. The number of nitrogens with two attached hydrogens (primary N) is 1. The van der Waals surface area contributed by atoms with E-state index in [-0.39, 0.29) is 41.0 Å². The lowest BCUT2D eigenvalue weighted by molar-refractivity contribution is -0.112. The van der Waals surface area contributed by atoms with E-state index < -0.39 is 42.3 Å². The Bertz CT molecular complexity index is 1100. The normalized spacial score (nSPS) is 29.7. The Morgan fingerprint density at radius 1 is 1.11 bits per heavy atom. The molecule has 1 heterocycles. The second-order valence-electron chi connectivity index (χ2n) is 10.0. The summed E-state index contributed by atoms with van der Waals surface area (Å²) in [5, 5.41) is 45.6. The standard InChI is InChI=1S/C28H40N2O8/c1-14-8-7-9-15(2)27(35)30-21-13-19(31)12-20(24(21)34)23(33)16(3)11-22(32)26(37-6)18(5)10-17(4)25(14)38-28(29)36/h7-10,12-14,16,18,22-23,25-26,31-34H,11H2,1-6H3,(H2,29,36)(H,30,35). The number of hydrogen-bond acceptors (Lipinski definition) is 8. The number of allylic oxidation sites excluding steroid dienone is 2. The van der Waals surface area contributed by atoms with Gasteiger partial charge in [-0.15, -0.1) is 0 Å². The van der Waals surface area contributed by atoms with Gasteiger partial charge in [-0.3, -0.25) is 4.79 Å². The van der Waals surface area contributed by atoms with Gasteiger partial charge in [-0.05, 0) is 37.8 Å². The summed E-state index contributed by atoms with van der Waals surface area (Å²) in [7, 11) is 1.47. The Morgan fingerprint density at radius 3 is 2.37 bits per heavy atom. The van der Waals surface area contributed by atoms with Crippen LogP contribution in [0.5, 0.6) is 11.5 Å². The minimum atomic E-state index is -1.27. The van der Waals surface area contributed by atoms with Crippen LogP contribution in [0, 0.1) is 17.8 Å². The molecule has 7 atom stereocenters. The van der Waals surface area contributed by atoms with Crippen LogP contribution < -0.4 is 11.1 Å². The van der Waals surface area contributed by atoms with Crippen molar-refractivity contribution in [3.8, 4) is 11.5 Å². The maximum absolute atomic E-state index is 12.7. The maximum Gasteiger partial charge on any atom is 0.405 e. The lowest BCUT2D eigenvalue weighted by atomic mass is 9.86. The van der Waals surface area contributed by atoms with Gasteiger partial charge in [-0.1, -0.05) is 45.1 Å². The summed E-state index contributed by atoms with van der Waals surface area (Å²) in [6.45, 7) is 8.73. The van der Waals surface area contributed by atoms with Gasteiger partial charge < -0.3 is 41.0 Å². The zero-order valence-electron chi connectivity index (χ0n) is 22.7. The van der Waals surface area contributed by atoms with E-state index in [1.807, 2.05) is 19.9 Å². The van der Waals surface area contributed by atoms with Crippen LogP contribution in [0.4, 0.5) is 10.5 Å². The molecule has 0 fully saturated rings. The first kappa shape index (κ1) is 30.9. The van der Waals surface area contributed by atoms with Gasteiger partial charge >= 0.3 is 6.09 Å². The van der Waals surface area contributed by atoms with Crippen LogP contribution >= 0.6 is 0 Å². The highest BCUT2D eigenvalue weighted by molar-refractivity contribution is 6.04. The summed E-state index contributed by atoms with van der Waals surface area (Å²) in [6, 6.07) is 2.40. The number of nitrogens with one attached hydrogen (secondary N) is 1. The number of benzene rings is 1. The maximum atomic E-state index is 12.7. The van der Waals surface area contributed by atoms with Gasteiger partial charge in [0.2, 0.25) is 0 Å². The predicted octanol–water partition coefficient (Wildman–Crippen LogP) is 3.67. The van der Waals surface area contributed by atoms with Gasteiger partial charge in [0.05, 0.1) is 24.0 Å². The summed E-state index contributed by atoms with van der Waals surface area (Å²) < 4.78 is 11.0. The number of phenols is 2. The first-order valence-electron chi connectivity index (χ1n) is 12.5. The van der Waals surface area contributed by atoms with Crippen LogP contribution in [0.15, 0.2) is 47.6 Å². The number of amides is 2. The van der Waals surface area contributed by atoms with E-state index >= 15 is 0 Å². The quantitative estimate of drug-likeness (QED) is 0.190. The molecule has 2 bridgehead atoms. The Kier molecular flexibility index (Phi) is 10.9. The average Bonchev–Trinajstić information content (AvgIpc) is 2.83. The Hall–Kier alpha value is -3.34. The highest BCUT2D eigenvalue weighted by Gasteiger charge is 2.31. The number of methoxy groups -OCH3 is 1. The van der Waals surface area contributed by atoms with Gasteiger partial charge in [0.25, 0.3) is 5.91 Å². The van der Waals surface area contributed by atoms with E-state index in [9.17, 15) is 30.0 Å². The molecule has 0 radical (unpaired) electrons. The van der Waals surface area contributed by atoms with Crippen molar-refractivity contribution >= 4 is 17.7 Å². The zero-order chi connectivity index (χ0) is 28.7. The molecule has 2 rings (SSSR count). The summed E-state index contributed by atoms with van der Waals surface area (Å²) in [5.41, 5.74) is 6.25. The molecule has 1 aromatic carbocycles. The van der Waals surface area contributed by atoms with Gasteiger partial charge in [0.15, 0.2) is 0 Å². The lowest BCUT2D eigenvalue weighted by Gasteiger charge is -2.30. The minimum Gasteiger partial charge on any atom is -0.508 e. The second-order valence-corrected chi connectivity index (χ2v) is 10.0. The van der Waals surface area contributed by atoms with Crippen molar-refractivity contribution in [2.75, 3.05) is 12.4 Å². The first-order valence-corrected chi connectivity index (χ1v) is 12.5. The molecule has 0 spiro atoms. The van der Waals surface area contributed by atoms with Gasteiger partial charge in [-0.25, -0.2) is 4.79 Å². The van der Waals surface area contributed by atoms with Crippen molar-refractivity contribution in [1.82, 2.24) is 0 Å². The summed E-state index contributed by atoms with van der Waals surface area (Å²) in [5.74, 6) is -2.40. The number of fused-ring (bicyclic) bond motifs is 2. The first-order chi connectivity index (χ1) is 17.8. The third-order valence-corrected chi connectivity index (χ3v) is 6.83. The molecule has 0 saturated heterocycles. The molecule has 0 aromatic heterocycles. The molecular weight excluding hydrogens is 492 g/mol. The average molecular weight is 533 g/mol. The smallest absolute Gasteiger partial charge is 0.405 e.